The van der Waals surface area contributed by atoms with Crippen LogP contribution in [0.5, 0.6) is 0 Å². The molecule has 0 aliphatic heterocycles. The summed E-state index contributed by atoms with van der Waals surface area (Å²) in [6.45, 7) is 3.94. The molecular formula is C45H90NO9P. The summed E-state index contributed by atoms with van der Waals surface area (Å²) < 4.78 is 33.4. The van der Waals surface area contributed by atoms with Crippen LogP contribution in [0, 0.1) is 0 Å². The summed E-state index contributed by atoms with van der Waals surface area (Å²) in [5.74, 6) is -1.76. The summed E-state index contributed by atoms with van der Waals surface area (Å²) in [5, 5.41) is 8.90. The van der Waals surface area contributed by atoms with Gasteiger partial charge in [0, 0.05) is 13.0 Å². The number of carbonyl (C=O) groups is 2. The molecule has 11 heteroatoms. The van der Waals surface area contributed by atoms with Gasteiger partial charge in [0.2, 0.25) is 0 Å². The summed E-state index contributed by atoms with van der Waals surface area (Å²) >= 11 is 0. The summed E-state index contributed by atoms with van der Waals surface area (Å²) in [6, 6.07) is -1.47. The number of phosphoric ester groups is 1. The van der Waals surface area contributed by atoms with E-state index in [9.17, 15) is 19.0 Å². The minimum Gasteiger partial charge on any atom is -0.480 e. The Kier molecular flexibility index (Phi) is 41.3. The fourth-order valence-electron chi connectivity index (χ4n) is 6.96. The zero-order valence-corrected chi connectivity index (χ0v) is 37.4. The molecule has 0 aliphatic carbocycles. The van der Waals surface area contributed by atoms with Gasteiger partial charge in [-0.25, -0.2) is 4.57 Å². The number of ether oxygens (including phenoxy) is 2. The van der Waals surface area contributed by atoms with Gasteiger partial charge in [0.1, 0.15) is 12.1 Å². The van der Waals surface area contributed by atoms with Crippen molar-refractivity contribution in [3.8, 4) is 0 Å². The van der Waals surface area contributed by atoms with Gasteiger partial charge in [-0.1, -0.05) is 219 Å². The van der Waals surface area contributed by atoms with Crippen molar-refractivity contribution in [1.82, 2.24) is 0 Å². The van der Waals surface area contributed by atoms with E-state index < -0.39 is 45.1 Å². The van der Waals surface area contributed by atoms with Crippen molar-refractivity contribution >= 4 is 19.8 Å². The normalized spacial score (nSPS) is 13.8. The van der Waals surface area contributed by atoms with Crippen LogP contribution in [0.4, 0.5) is 0 Å². The third kappa shape index (κ3) is 41.1. The number of hydrogen-bond acceptors (Lipinski definition) is 8. The molecule has 0 radical (unpaired) electrons. The van der Waals surface area contributed by atoms with E-state index >= 15 is 0 Å². The molecule has 4 N–H and O–H groups in total. The van der Waals surface area contributed by atoms with Gasteiger partial charge in [0.05, 0.1) is 19.8 Å². The lowest BCUT2D eigenvalue weighted by Crippen LogP contribution is -2.34. The third-order valence-corrected chi connectivity index (χ3v) is 11.6. The van der Waals surface area contributed by atoms with Crippen LogP contribution in [-0.2, 0) is 32.7 Å². The first-order chi connectivity index (χ1) is 27.2. The van der Waals surface area contributed by atoms with Crippen molar-refractivity contribution in [1.29, 1.82) is 0 Å². The first-order valence-corrected chi connectivity index (χ1v) is 25.1. The molecule has 0 spiro atoms. The minimum atomic E-state index is -4.61. The van der Waals surface area contributed by atoms with Crippen molar-refractivity contribution in [3.63, 3.8) is 0 Å². The fourth-order valence-corrected chi connectivity index (χ4v) is 7.74. The number of esters is 1. The maximum Gasteiger partial charge on any atom is 0.472 e. The Bertz CT molecular complexity index is 909. The van der Waals surface area contributed by atoms with Gasteiger partial charge in [-0.3, -0.25) is 18.6 Å². The highest BCUT2D eigenvalue weighted by Gasteiger charge is 2.27. The average molecular weight is 820 g/mol. The number of carboxylic acids is 1. The van der Waals surface area contributed by atoms with Crippen LogP contribution < -0.4 is 5.73 Å². The van der Waals surface area contributed by atoms with Gasteiger partial charge in [0.25, 0.3) is 0 Å². The second-order valence-electron chi connectivity index (χ2n) is 16.3. The Morgan fingerprint density at radius 2 is 0.821 bits per heavy atom. The molecule has 0 aromatic rings. The first-order valence-electron chi connectivity index (χ1n) is 23.6. The standard InChI is InChI=1S/C45H90NO9P/c1-3-5-7-9-11-13-15-17-19-20-21-22-24-26-28-30-32-34-36-38-52-39-42(40-53-56(50,51)54-41-43(46)45(48)49)55-44(47)37-35-33-31-29-27-25-23-18-16-14-12-10-8-6-4-2/h42-43H,3-41,46H2,1-2H3,(H,48,49)(H,50,51). The molecule has 0 fully saturated rings. The van der Waals surface area contributed by atoms with E-state index in [4.69, 9.17) is 29.4 Å². The Morgan fingerprint density at radius 3 is 1.18 bits per heavy atom. The monoisotopic (exact) mass is 820 g/mol. The van der Waals surface area contributed by atoms with Crippen molar-refractivity contribution in [2.75, 3.05) is 26.4 Å². The number of aliphatic carboxylic acids is 1. The molecule has 0 aromatic carbocycles. The highest BCUT2D eigenvalue weighted by Crippen LogP contribution is 2.43. The molecule has 0 saturated heterocycles. The molecule has 3 atom stereocenters. The van der Waals surface area contributed by atoms with Crippen LogP contribution in [0.3, 0.4) is 0 Å². The van der Waals surface area contributed by atoms with Crippen LogP contribution >= 0.6 is 7.82 Å². The Morgan fingerprint density at radius 1 is 0.500 bits per heavy atom. The van der Waals surface area contributed by atoms with E-state index in [-0.39, 0.29) is 13.0 Å². The number of carbonyl (C=O) groups excluding carboxylic acids is 1. The number of unbranched alkanes of at least 4 members (excludes halogenated alkanes) is 32. The number of nitrogens with two attached hydrogens (primary N) is 1. The van der Waals surface area contributed by atoms with E-state index in [1.54, 1.807) is 0 Å². The van der Waals surface area contributed by atoms with Crippen LogP contribution in [0.2, 0.25) is 0 Å². The molecule has 334 valence electrons. The van der Waals surface area contributed by atoms with E-state index in [1.807, 2.05) is 0 Å². The van der Waals surface area contributed by atoms with E-state index in [1.165, 1.54) is 180 Å². The molecule has 0 bridgehead atoms. The second-order valence-corrected chi connectivity index (χ2v) is 17.7. The quantitative estimate of drug-likeness (QED) is 0.0307. The SMILES string of the molecule is CCCCCCCCCCCCCCCCCCCCCOCC(COP(=O)(O)OCC(N)C(=O)O)OC(=O)CCCCCCCCCCCCCCCCC. The van der Waals surface area contributed by atoms with Gasteiger partial charge in [0.15, 0.2) is 0 Å². The van der Waals surface area contributed by atoms with Gasteiger partial charge < -0.3 is 25.2 Å². The second kappa shape index (κ2) is 42.1. The highest BCUT2D eigenvalue weighted by atomic mass is 31.2. The molecule has 3 unspecified atom stereocenters. The van der Waals surface area contributed by atoms with Crippen molar-refractivity contribution in [3.05, 3.63) is 0 Å². The van der Waals surface area contributed by atoms with Gasteiger partial charge in [-0.05, 0) is 12.8 Å². The molecule has 0 heterocycles. The van der Waals surface area contributed by atoms with E-state index in [2.05, 4.69) is 13.8 Å². The maximum absolute atomic E-state index is 12.6. The molecule has 0 aliphatic rings. The molecule has 56 heavy (non-hydrogen) atoms. The minimum absolute atomic E-state index is 0.0261. The zero-order chi connectivity index (χ0) is 41.2. The first kappa shape index (κ1) is 55.0. The summed E-state index contributed by atoms with van der Waals surface area (Å²) in [5.41, 5.74) is 5.36. The summed E-state index contributed by atoms with van der Waals surface area (Å²) in [7, 11) is -4.61. The van der Waals surface area contributed by atoms with E-state index in [0.717, 1.165) is 38.5 Å². The highest BCUT2D eigenvalue weighted by molar-refractivity contribution is 7.47. The van der Waals surface area contributed by atoms with Gasteiger partial charge in [-0.2, -0.15) is 0 Å². The third-order valence-electron chi connectivity index (χ3n) is 10.6. The maximum atomic E-state index is 12.6. The lowest BCUT2D eigenvalue weighted by Gasteiger charge is -2.20. The van der Waals surface area contributed by atoms with Crippen LogP contribution in [0.25, 0.3) is 0 Å². The molecule has 0 amide bonds. The number of phosphoric acid groups is 1. The van der Waals surface area contributed by atoms with E-state index in [0.29, 0.717) is 6.61 Å². The average Bonchev–Trinajstić information content (AvgIpc) is 3.18. The van der Waals surface area contributed by atoms with Crippen LogP contribution in [-0.4, -0.2) is 60.5 Å². The Hall–Kier alpha value is -1.03. The smallest absolute Gasteiger partial charge is 0.472 e. The van der Waals surface area contributed by atoms with Crippen molar-refractivity contribution < 1.29 is 42.7 Å². The predicted octanol–water partition coefficient (Wildman–Crippen LogP) is 13.2. The number of hydrogen-bond donors (Lipinski definition) is 3. The Balaban J connectivity index is 4.12. The predicted molar refractivity (Wildman–Crippen MR) is 231 cm³/mol. The molecule has 0 rings (SSSR count). The van der Waals surface area contributed by atoms with Gasteiger partial charge in [-0.15, -0.1) is 0 Å². The van der Waals surface area contributed by atoms with Gasteiger partial charge >= 0.3 is 19.8 Å². The Labute approximate surface area is 344 Å². The summed E-state index contributed by atoms with van der Waals surface area (Å²) in [4.78, 5) is 33.6. The number of rotatable bonds is 46. The molecule has 10 nitrogen and oxygen atoms in total. The molecule has 0 saturated carbocycles. The number of carboxylic acid groups (broad SMARTS) is 1. The zero-order valence-electron chi connectivity index (χ0n) is 36.5. The fraction of sp³-hybridized carbons (Fsp3) is 0.956. The van der Waals surface area contributed by atoms with Crippen LogP contribution in [0.15, 0.2) is 0 Å². The van der Waals surface area contributed by atoms with Crippen molar-refractivity contribution in [2.24, 2.45) is 5.73 Å². The lowest BCUT2D eigenvalue weighted by atomic mass is 10.0. The molecular weight excluding hydrogens is 729 g/mol. The lowest BCUT2D eigenvalue weighted by molar-refractivity contribution is -0.154. The van der Waals surface area contributed by atoms with Crippen molar-refractivity contribution in [2.45, 2.75) is 251 Å². The summed E-state index contributed by atoms with van der Waals surface area (Å²) in [6.07, 6.45) is 42.9. The largest absolute Gasteiger partial charge is 0.480 e. The van der Waals surface area contributed by atoms with Crippen LogP contribution in [0.1, 0.15) is 239 Å². The topological polar surface area (TPSA) is 155 Å². The molecule has 0 aromatic heterocycles.